The highest BCUT2D eigenvalue weighted by molar-refractivity contribution is 5.69. The largest absolute Gasteiger partial charge is 0.489 e. The maximum absolute atomic E-state index is 12.3. The van der Waals surface area contributed by atoms with E-state index in [0.717, 1.165) is 23.3 Å². The fourth-order valence-corrected chi connectivity index (χ4v) is 4.00. The number of cyclic esters (lactones) is 1. The molecule has 2 fully saturated rings. The highest BCUT2D eigenvalue weighted by Gasteiger charge is 2.38. The minimum Gasteiger partial charge on any atom is -0.489 e. The van der Waals surface area contributed by atoms with E-state index in [2.05, 4.69) is 12.1 Å². The summed E-state index contributed by atoms with van der Waals surface area (Å²) < 4.78 is 11.2. The predicted molar refractivity (Wildman–Crippen MR) is 99.9 cm³/mol. The summed E-state index contributed by atoms with van der Waals surface area (Å²) in [6.45, 7) is 1.76. The second-order valence-electron chi connectivity index (χ2n) is 7.23. The zero-order chi connectivity index (χ0) is 17.8. The quantitative estimate of drug-likeness (QED) is 0.778. The molecule has 1 aliphatic carbocycles. The van der Waals surface area contributed by atoms with Gasteiger partial charge in [-0.1, -0.05) is 55.3 Å². The van der Waals surface area contributed by atoms with Crippen molar-refractivity contribution in [3.63, 3.8) is 0 Å². The Balaban J connectivity index is 1.38. The molecule has 4 heteroatoms. The van der Waals surface area contributed by atoms with Gasteiger partial charge in [-0.25, -0.2) is 4.79 Å². The Kier molecular flexibility index (Phi) is 5.09. The average molecular weight is 351 g/mol. The number of benzene rings is 2. The van der Waals surface area contributed by atoms with Crippen LogP contribution in [0.15, 0.2) is 54.6 Å². The molecule has 1 aliphatic heterocycles. The van der Waals surface area contributed by atoms with E-state index < -0.39 is 0 Å². The Bertz CT molecular complexity index is 729. The van der Waals surface area contributed by atoms with E-state index in [1.807, 2.05) is 47.4 Å². The van der Waals surface area contributed by atoms with Gasteiger partial charge in [0, 0.05) is 18.5 Å². The van der Waals surface area contributed by atoms with Crippen molar-refractivity contribution in [3.05, 3.63) is 65.7 Å². The number of hydrogen-bond acceptors (Lipinski definition) is 3. The van der Waals surface area contributed by atoms with Crippen LogP contribution in [0.25, 0.3) is 0 Å². The number of nitrogens with zero attached hydrogens (tertiary/aromatic N) is 1. The second kappa shape index (κ2) is 7.81. The molecule has 1 amide bonds. The lowest BCUT2D eigenvalue weighted by molar-refractivity contribution is -0.0121. The van der Waals surface area contributed by atoms with Crippen molar-refractivity contribution >= 4 is 6.09 Å². The van der Waals surface area contributed by atoms with Crippen LogP contribution in [0, 0.1) is 5.92 Å². The van der Waals surface area contributed by atoms with Crippen LogP contribution < -0.4 is 4.74 Å². The number of rotatable bonds is 5. The maximum Gasteiger partial charge on any atom is 0.410 e. The van der Waals surface area contributed by atoms with Crippen molar-refractivity contribution in [3.8, 4) is 5.75 Å². The predicted octanol–water partition coefficient (Wildman–Crippen LogP) is 4.78. The average Bonchev–Trinajstić information content (AvgIpc) is 2.70. The summed E-state index contributed by atoms with van der Waals surface area (Å²) in [6.07, 6.45) is 4.55. The molecule has 0 radical (unpaired) electrons. The van der Waals surface area contributed by atoms with Crippen LogP contribution in [0.3, 0.4) is 0 Å². The Hall–Kier alpha value is -2.49. The van der Waals surface area contributed by atoms with Crippen LogP contribution in [-0.2, 0) is 17.9 Å². The molecule has 0 spiro atoms. The molecule has 26 heavy (non-hydrogen) atoms. The van der Waals surface area contributed by atoms with Crippen molar-refractivity contribution in [2.45, 2.75) is 44.9 Å². The first-order chi connectivity index (χ1) is 12.8. The third-order valence-electron chi connectivity index (χ3n) is 5.45. The first-order valence-electron chi connectivity index (χ1n) is 9.48. The molecule has 1 saturated heterocycles. The Morgan fingerprint density at radius 3 is 2.54 bits per heavy atom. The van der Waals surface area contributed by atoms with Gasteiger partial charge in [-0.15, -0.1) is 0 Å². The smallest absolute Gasteiger partial charge is 0.410 e. The summed E-state index contributed by atoms with van der Waals surface area (Å²) in [7, 11) is 0. The number of amides is 1. The van der Waals surface area contributed by atoms with Gasteiger partial charge in [-0.2, -0.15) is 0 Å². The fraction of sp³-hybridized carbons (Fsp3) is 0.409. The second-order valence-corrected chi connectivity index (χ2v) is 7.23. The molecule has 4 nitrogen and oxygen atoms in total. The highest BCUT2D eigenvalue weighted by atomic mass is 16.6. The molecule has 0 N–H and O–H groups in total. The van der Waals surface area contributed by atoms with E-state index in [0.29, 0.717) is 31.7 Å². The van der Waals surface area contributed by atoms with Crippen molar-refractivity contribution in [2.24, 2.45) is 5.92 Å². The van der Waals surface area contributed by atoms with Crippen molar-refractivity contribution in [2.75, 3.05) is 6.61 Å². The van der Waals surface area contributed by atoms with Crippen LogP contribution in [0.2, 0.25) is 0 Å². The molecular weight excluding hydrogens is 326 g/mol. The Morgan fingerprint density at radius 2 is 1.73 bits per heavy atom. The zero-order valence-corrected chi connectivity index (χ0v) is 15.0. The van der Waals surface area contributed by atoms with E-state index in [1.165, 1.54) is 19.3 Å². The van der Waals surface area contributed by atoms with E-state index in [1.54, 1.807) is 0 Å². The molecule has 1 heterocycles. The summed E-state index contributed by atoms with van der Waals surface area (Å²) in [5, 5.41) is 0. The minimum absolute atomic E-state index is 0.169. The van der Waals surface area contributed by atoms with E-state index in [4.69, 9.17) is 9.47 Å². The Morgan fingerprint density at radius 1 is 0.962 bits per heavy atom. The summed E-state index contributed by atoms with van der Waals surface area (Å²) in [5.41, 5.74) is 2.26. The SMILES string of the molecule is O=C1OC[C@@H]2CCCC[C@@H]2N1Cc1ccc(OCc2ccccc2)cc1. The molecule has 4 rings (SSSR count). The summed E-state index contributed by atoms with van der Waals surface area (Å²) in [6, 6.07) is 18.5. The lowest BCUT2D eigenvalue weighted by atomic mass is 9.83. The van der Waals surface area contributed by atoms with E-state index >= 15 is 0 Å². The third-order valence-corrected chi connectivity index (χ3v) is 5.45. The van der Waals surface area contributed by atoms with Crippen molar-refractivity contribution in [1.29, 1.82) is 0 Å². The topological polar surface area (TPSA) is 38.8 Å². The molecule has 2 atom stereocenters. The maximum atomic E-state index is 12.3. The molecular formula is C22H25NO3. The summed E-state index contributed by atoms with van der Waals surface area (Å²) in [5.74, 6) is 1.34. The molecule has 1 saturated carbocycles. The van der Waals surface area contributed by atoms with Gasteiger partial charge in [0.2, 0.25) is 0 Å². The molecule has 2 aliphatic rings. The highest BCUT2D eigenvalue weighted by Crippen LogP contribution is 2.33. The van der Waals surface area contributed by atoms with E-state index in [-0.39, 0.29) is 6.09 Å². The first kappa shape index (κ1) is 17.0. The monoisotopic (exact) mass is 351 g/mol. The molecule has 2 aromatic rings. The van der Waals surface area contributed by atoms with Crippen LogP contribution in [0.4, 0.5) is 4.79 Å². The van der Waals surface area contributed by atoms with Gasteiger partial charge >= 0.3 is 6.09 Å². The number of fused-ring (bicyclic) bond motifs is 1. The molecule has 2 aromatic carbocycles. The van der Waals surface area contributed by atoms with Gasteiger partial charge < -0.3 is 14.4 Å². The van der Waals surface area contributed by atoms with Crippen LogP contribution in [0.5, 0.6) is 5.75 Å². The Labute approximate surface area is 154 Å². The first-order valence-corrected chi connectivity index (χ1v) is 9.48. The lowest BCUT2D eigenvalue weighted by Gasteiger charge is -2.43. The molecule has 0 aromatic heterocycles. The number of carbonyl (C=O) groups is 1. The molecule has 0 bridgehead atoms. The van der Waals surface area contributed by atoms with Gasteiger partial charge in [-0.05, 0) is 36.1 Å². The summed E-state index contributed by atoms with van der Waals surface area (Å²) in [4.78, 5) is 14.2. The van der Waals surface area contributed by atoms with Crippen LogP contribution >= 0.6 is 0 Å². The number of hydrogen-bond donors (Lipinski definition) is 0. The summed E-state index contributed by atoms with van der Waals surface area (Å²) >= 11 is 0. The lowest BCUT2D eigenvalue weighted by Crippen LogP contribution is -2.51. The molecule has 0 unspecified atom stereocenters. The standard InChI is InChI=1S/C22H25NO3/c24-22-23(21-9-5-4-8-19(21)16-26-22)14-17-10-12-20(13-11-17)25-15-18-6-2-1-3-7-18/h1-3,6-7,10-13,19,21H,4-5,8-9,14-16H2/t19-,21-/m0/s1. The van der Waals surface area contributed by atoms with Crippen LogP contribution in [0.1, 0.15) is 36.8 Å². The minimum atomic E-state index is -0.169. The third kappa shape index (κ3) is 3.85. The number of ether oxygens (including phenoxy) is 2. The van der Waals surface area contributed by atoms with Gasteiger partial charge in [0.15, 0.2) is 0 Å². The van der Waals surface area contributed by atoms with Gasteiger partial charge in [-0.3, -0.25) is 0 Å². The number of carbonyl (C=O) groups excluding carboxylic acids is 1. The molecule has 136 valence electrons. The van der Waals surface area contributed by atoms with Crippen molar-refractivity contribution in [1.82, 2.24) is 4.90 Å². The van der Waals surface area contributed by atoms with Gasteiger partial charge in [0.25, 0.3) is 0 Å². The van der Waals surface area contributed by atoms with Gasteiger partial charge in [0.05, 0.1) is 6.61 Å². The van der Waals surface area contributed by atoms with E-state index in [9.17, 15) is 4.79 Å². The normalized spacial score (nSPS) is 22.5. The van der Waals surface area contributed by atoms with Crippen LogP contribution in [-0.4, -0.2) is 23.6 Å². The van der Waals surface area contributed by atoms with Crippen molar-refractivity contribution < 1.29 is 14.3 Å². The van der Waals surface area contributed by atoms with Gasteiger partial charge in [0.1, 0.15) is 12.4 Å². The zero-order valence-electron chi connectivity index (χ0n) is 15.0. The fourth-order valence-electron chi connectivity index (χ4n) is 4.00.